The smallest absolute Gasteiger partial charge is 0.305 e. The Labute approximate surface area is 309 Å². The number of carbonyl (C=O) groups is 3. The molecule has 0 aliphatic heterocycles. The van der Waals surface area contributed by atoms with Crippen LogP contribution in [0.15, 0.2) is 0 Å². The van der Waals surface area contributed by atoms with Crippen LogP contribution in [-0.4, -0.2) is 61.6 Å². The molecule has 0 heterocycles. The maximum Gasteiger partial charge on any atom is 0.305 e. The van der Waals surface area contributed by atoms with Crippen molar-refractivity contribution in [2.75, 3.05) is 32.8 Å². The molecule has 1 atom stereocenters. The van der Waals surface area contributed by atoms with E-state index in [-0.39, 0.29) is 44.1 Å². The molecule has 0 radical (unpaired) electrons. The average Bonchev–Trinajstić information content (AvgIpc) is 3.11. The number of carbonyl (C=O) groups excluding carboxylic acids is 3. The summed E-state index contributed by atoms with van der Waals surface area (Å²) in [6, 6.07) is -0.649. The molecular formula is C42H83N3O5. The van der Waals surface area contributed by atoms with Gasteiger partial charge in [-0.2, -0.15) is 0 Å². The number of unbranched alkanes of at least 4 members (excludes halogenated alkanes) is 25. The number of ether oxygens (including phenoxy) is 2. The van der Waals surface area contributed by atoms with Gasteiger partial charge in [-0.25, -0.2) is 0 Å². The van der Waals surface area contributed by atoms with Gasteiger partial charge in [-0.3, -0.25) is 14.4 Å². The summed E-state index contributed by atoms with van der Waals surface area (Å²) < 4.78 is 10.9. The summed E-state index contributed by atoms with van der Waals surface area (Å²) in [5.41, 5.74) is 11.8. The van der Waals surface area contributed by atoms with Crippen molar-refractivity contribution in [3.63, 3.8) is 0 Å². The van der Waals surface area contributed by atoms with Crippen LogP contribution in [0.1, 0.15) is 213 Å². The van der Waals surface area contributed by atoms with Crippen LogP contribution in [0.3, 0.4) is 0 Å². The molecule has 0 aromatic heterocycles. The third-order valence-corrected chi connectivity index (χ3v) is 9.82. The van der Waals surface area contributed by atoms with Crippen LogP contribution in [-0.2, 0) is 23.9 Å². The van der Waals surface area contributed by atoms with Gasteiger partial charge in [0.2, 0.25) is 5.91 Å². The summed E-state index contributed by atoms with van der Waals surface area (Å²) in [5.74, 6) is -0.656. The molecule has 296 valence electrons. The Balaban J connectivity index is 4.14. The van der Waals surface area contributed by atoms with Crippen LogP contribution in [0.4, 0.5) is 0 Å². The predicted octanol–water partition coefficient (Wildman–Crippen LogP) is 10.3. The third kappa shape index (κ3) is 33.5. The van der Waals surface area contributed by atoms with Gasteiger partial charge in [0.15, 0.2) is 0 Å². The zero-order valence-corrected chi connectivity index (χ0v) is 33.2. The quantitative estimate of drug-likeness (QED) is 0.0481. The van der Waals surface area contributed by atoms with Crippen molar-refractivity contribution >= 4 is 17.8 Å². The molecule has 8 nitrogen and oxygen atoms in total. The summed E-state index contributed by atoms with van der Waals surface area (Å²) in [4.78, 5) is 39.4. The number of hydrogen-bond acceptors (Lipinski definition) is 7. The molecule has 0 aromatic carbocycles. The van der Waals surface area contributed by atoms with E-state index >= 15 is 0 Å². The molecule has 50 heavy (non-hydrogen) atoms. The van der Waals surface area contributed by atoms with Gasteiger partial charge in [-0.1, -0.05) is 174 Å². The van der Waals surface area contributed by atoms with E-state index in [9.17, 15) is 14.4 Å². The van der Waals surface area contributed by atoms with Gasteiger partial charge < -0.3 is 25.8 Å². The van der Waals surface area contributed by atoms with Gasteiger partial charge in [0.1, 0.15) is 13.2 Å². The highest BCUT2D eigenvalue weighted by Crippen LogP contribution is 2.15. The molecule has 0 fully saturated rings. The monoisotopic (exact) mass is 710 g/mol. The van der Waals surface area contributed by atoms with E-state index in [0.29, 0.717) is 25.8 Å². The number of rotatable bonds is 39. The molecule has 0 aromatic rings. The van der Waals surface area contributed by atoms with E-state index in [4.69, 9.17) is 20.9 Å². The van der Waals surface area contributed by atoms with E-state index in [1.54, 1.807) is 4.90 Å². The molecule has 1 amide bonds. The van der Waals surface area contributed by atoms with Crippen LogP contribution in [0.5, 0.6) is 0 Å². The van der Waals surface area contributed by atoms with Crippen molar-refractivity contribution in [1.29, 1.82) is 0 Å². The molecule has 0 bridgehead atoms. The van der Waals surface area contributed by atoms with Crippen molar-refractivity contribution in [2.24, 2.45) is 11.5 Å². The molecule has 0 spiro atoms. The predicted molar refractivity (Wildman–Crippen MR) is 210 cm³/mol. The standard InChI is InChI=1S/C42H83N3O5/c1-3-5-7-9-11-13-15-17-19-21-23-25-27-32-40(46)49-37-35-45(42(48)39(44)31-29-30-34-43)36-38-50-41(47)33-28-26-24-22-20-18-16-14-12-10-8-6-4-2/h39H,3-38,43-44H2,1-2H3. The first-order valence-electron chi connectivity index (χ1n) is 21.5. The number of esters is 2. The van der Waals surface area contributed by atoms with Gasteiger partial charge in [0.25, 0.3) is 0 Å². The minimum atomic E-state index is -0.649. The second kappa shape index (κ2) is 38.6. The molecular weight excluding hydrogens is 626 g/mol. The Hall–Kier alpha value is -1.67. The highest BCUT2D eigenvalue weighted by atomic mass is 16.5. The average molecular weight is 710 g/mol. The fraction of sp³-hybridized carbons (Fsp3) is 0.929. The Morgan fingerprint density at radius 1 is 0.480 bits per heavy atom. The summed E-state index contributed by atoms with van der Waals surface area (Å²) in [6.07, 6.45) is 35.8. The number of amides is 1. The van der Waals surface area contributed by atoms with Crippen molar-refractivity contribution in [1.82, 2.24) is 4.90 Å². The first-order chi connectivity index (χ1) is 24.5. The Bertz CT molecular complexity index is 718. The normalized spacial score (nSPS) is 11.8. The summed E-state index contributed by atoms with van der Waals surface area (Å²) in [5, 5.41) is 0. The lowest BCUT2D eigenvalue weighted by molar-refractivity contribution is -0.148. The SMILES string of the molecule is CCCCCCCCCCCCCCCC(=O)OCCN(CCOC(=O)CCCCCCCCCCCCCCC)C(=O)C(N)CCCCN. The summed E-state index contributed by atoms with van der Waals surface area (Å²) in [6.45, 7) is 5.80. The molecule has 0 saturated carbocycles. The topological polar surface area (TPSA) is 125 Å². The van der Waals surface area contributed by atoms with Gasteiger partial charge in [0, 0.05) is 12.8 Å². The van der Waals surface area contributed by atoms with Gasteiger partial charge in [-0.15, -0.1) is 0 Å². The number of nitrogens with zero attached hydrogens (tertiary/aromatic N) is 1. The first kappa shape index (κ1) is 48.3. The van der Waals surface area contributed by atoms with Gasteiger partial charge in [-0.05, 0) is 32.2 Å². The summed E-state index contributed by atoms with van der Waals surface area (Å²) in [7, 11) is 0. The Morgan fingerprint density at radius 2 is 0.800 bits per heavy atom. The van der Waals surface area contributed by atoms with E-state index in [2.05, 4.69) is 13.8 Å². The van der Waals surface area contributed by atoms with E-state index in [0.717, 1.165) is 51.4 Å². The van der Waals surface area contributed by atoms with Crippen LogP contribution in [0.25, 0.3) is 0 Å². The second-order valence-corrected chi connectivity index (χ2v) is 14.6. The van der Waals surface area contributed by atoms with Gasteiger partial charge in [0.05, 0.1) is 19.1 Å². The lowest BCUT2D eigenvalue weighted by Crippen LogP contribution is -2.46. The number of hydrogen-bond donors (Lipinski definition) is 2. The van der Waals surface area contributed by atoms with Crippen molar-refractivity contribution in [2.45, 2.75) is 219 Å². The van der Waals surface area contributed by atoms with Crippen LogP contribution in [0, 0.1) is 0 Å². The van der Waals surface area contributed by atoms with E-state index < -0.39 is 6.04 Å². The molecule has 0 aliphatic carbocycles. The van der Waals surface area contributed by atoms with E-state index in [1.807, 2.05) is 0 Å². The minimum Gasteiger partial charge on any atom is -0.464 e. The minimum absolute atomic E-state index is 0.117. The zero-order valence-electron chi connectivity index (χ0n) is 33.2. The fourth-order valence-electron chi connectivity index (χ4n) is 6.46. The van der Waals surface area contributed by atoms with Crippen LogP contribution >= 0.6 is 0 Å². The van der Waals surface area contributed by atoms with E-state index in [1.165, 1.54) is 128 Å². The maximum absolute atomic E-state index is 13.1. The summed E-state index contributed by atoms with van der Waals surface area (Å²) >= 11 is 0. The Kier molecular flexibility index (Phi) is 37.3. The van der Waals surface area contributed by atoms with Crippen molar-refractivity contribution < 1.29 is 23.9 Å². The van der Waals surface area contributed by atoms with Crippen LogP contribution in [0.2, 0.25) is 0 Å². The third-order valence-electron chi connectivity index (χ3n) is 9.82. The Morgan fingerprint density at radius 3 is 1.12 bits per heavy atom. The molecule has 0 aliphatic rings. The van der Waals surface area contributed by atoms with Gasteiger partial charge >= 0.3 is 11.9 Å². The largest absolute Gasteiger partial charge is 0.464 e. The second-order valence-electron chi connectivity index (χ2n) is 14.6. The van der Waals surface area contributed by atoms with Crippen molar-refractivity contribution in [3.05, 3.63) is 0 Å². The highest BCUT2D eigenvalue weighted by Gasteiger charge is 2.21. The maximum atomic E-state index is 13.1. The molecule has 8 heteroatoms. The number of nitrogens with two attached hydrogens (primary N) is 2. The van der Waals surface area contributed by atoms with Crippen LogP contribution < -0.4 is 11.5 Å². The highest BCUT2D eigenvalue weighted by molar-refractivity contribution is 5.81. The molecule has 0 saturated heterocycles. The lowest BCUT2D eigenvalue weighted by Gasteiger charge is -2.25. The molecule has 0 rings (SSSR count). The van der Waals surface area contributed by atoms with Crippen molar-refractivity contribution in [3.8, 4) is 0 Å². The fourth-order valence-corrected chi connectivity index (χ4v) is 6.46. The lowest BCUT2D eigenvalue weighted by atomic mass is 10.0. The first-order valence-corrected chi connectivity index (χ1v) is 21.5. The zero-order chi connectivity index (χ0) is 36.8. The molecule has 4 N–H and O–H groups in total. The molecule has 1 unspecified atom stereocenters.